The number of carbonyl (C=O) groups is 1. The number of amides is 1. The number of nitrogens with one attached hydrogen (secondary N) is 2. The Kier molecular flexibility index (Phi) is 6.75. The molecule has 0 heterocycles. The first-order chi connectivity index (χ1) is 11.6. The van der Waals surface area contributed by atoms with Gasteiger partial charge >= 0.3 is 0 Å². The fraction of sp³-hybridized carbons (Fsp3) is 0.263. The first-order valence-electron chi connectivity index (χ1n) is 7.94. The third-order valence-electron chi connectivity index (χ3n) is 3.27. The van der Waals surface area contributed by atoms with E-state index in [1.165, 1.54) is 5.56 Å². The van der Waals surface area contributed by atoms with E-state index in [4.69, 9.17) is 17.0 Å². The maximum Gasteiger partial charge on any atom is 0.261 e. The summed E-state index contributed by atoms with van der Waals surface area (Å²) in [6, 6.07) is 17.4. The SMILES string of the molecule is CC(C)NC(=S)NC(=O)c1ccccc1OCCc1ccccc1. The Labute approximate surface area is 148 Å². The van der Waals surface area contributed by atoms with Crippen LogP contribution in [0.15, 0.2) is 54.6 Å². The van der Waals surface area contributed by atoms with E-state index in [0.29, 0.717) is 23.0 Å². The van der Waals surface area contributed by atoms with Crippen LogP contribution in [-0.2, 0) is 6.42 Å². The van der Waals surface area contributed by atoms with Crippen molar-refractivity contribution in [3.05, 3.63) is 65.7 Å². The van der Waals surface area contributed by atoms with Gasteiger partial charge in [-0.05, 0) is 43.8 Å². The van der Waals surface area contributed by atoms with Gasteiger partial charge in [0, 0.05) is 12.5 Å². The predicted molar refractivity (Wildman–Crippen MR) is 100 cm³/mol. The Hall–Kier alpha value is -2.40. The summed E-state index contributed by atoms with van der Waals surface area (Å²) in [5, 5.41) is 5.98. The number of hydrogen-bond donors (Lipinski definition) is 2. The van der Waals surface area contributed by atoms with Crippen LogP contribution in [-0.4, -0.2) is 23.7 Å². The van der Waals surface area contributed by atoms with Gasteiger partial charge in [-0.3, -0.25) is 10.1 Å². The number of hydrogen-bond acceptors (Lipinski definition) is 3. The van der Waals surface area contributed by atoms with Crippen molar-refractivity contribution in [1.29, 1.82) is 0 Å². The summed E-state index contributed by atoms with van der Waals surface area (Å²) in [4.78, 5) is 12.4. The van der Waals surface area contributed by atoms with Gasteiger partial charge in [0.05, 0.1) is 12.2 Å². The lowest BCUT2D eigenvalue weighted by molar-refractivity contribution is 0.0972. The highest BCUT2D eigenvalue weighted by atomic mass is 32.1. The minimum Gasteiger partial charge on any atom is -0.492 e. The largest absolute Gasteiger partial charge is 0.492 e. The second kappa shape index (κ2) is 9.03. The lowest BCUT2D eigenvalue weighted by Gasteiger charge is -2.14. The highest BCUT2D eigenvalue weighted by molar-refractivity contribution is 7.80. The number of benzene rings is 2. The number of ether oxygens (including phenoxy) is 1. The maximum absolute atomic E-state index is 12.4. The topological polar surface area (TPSA) is 50.4 Å². The van der Waals surface area contributed by atoms with E-state index in [1.807, 2.05) is 38.1 Å². The van der Waals surface area contributed by atoms with Gasteiger partial charge in [-0.15, -0.1) is 0 Å². The van der Waals surface area contributed by atoms with Crippen LogP contribution in [0.5, 0.6) is 5.75 Å². The average molecular weight is 342 g/mol. The van der Waals surface area contributed by atoms with Crippen molar-refractivity contribution in [2.24, 2.45) is 0 Å². The van der Waals surface area contributed by atoms with Gasteiger partial charge in [-0.2, -0.15) is 0 Å². The molecule has 4 nitrogen and oxygen atoms in total. The van der Waals surface area contributed by atoms with Crippen molar-refractivity contribution in [3.63, 3.8) is 0 Å². The van der Waals surface area contributed by atoms with Crippen LogP contribution in [0.4, 0.5) is 0 Å². The summed E-state index contributed by atoms with van der Waals surface area (Å²) in [7, 11) is 0. The smallest absolute Gasteiger partial charge is 0.261 e. The predicted octanol–water partition coefficient (Wildman–Crippen LogP) is 3.32. The molecule has 0 saturated heterocycles. The summed E-state index contributed by atoms with van der Waals surface area (Å²) >= 11 is 5.12. The van der Waals surface area contributed by atoms with Crippen LogP contribution in [0, 0.1) is 0 Å². The number of para-hydroxylation sites is 1. The monoisotopic (exact) mass is 342 g/mol. The van der Waals surface area contributed by atoms with E-state index in [9.17, 15) is 4.79 Å². The second-order valence-corrected chi connectivity index (χ2v) is 6.07. The Morgan fingerprint density at radius 1 is 1.08 bits per heavy atom. The minimum atomic E-state index is -0.275. The molecule has 24 heavy (non-hydrogen) atoms. The molecule has 0 atom stereocenters. The third-order valence-corrected chi connectivity index (χ3v) is 3.49. The van der Waals surface area contributed by atoms with Crippen molar-refractivity contribution >= 4 is 23.2 Å². The van der Waals surface area contributed by atoms with Crippen LogP contribution in [0.25, 0.3) is 0 Å². The van der Waals surface area contributed by atoms with Gasteiger partial charge in [0.1, 0.15) is 5.75 Å². The quantitative estimate of drug-likeness (QED) is 0.791. The first-order valence-corrected chi connectivity index (χ1v) is 8.34. The summed E-state index contributed by atoms with van der Waals surface area (Å²) in [6.45, 7) is 4.42. The Morgan fingerprint density at radius 3 is 2.46 bits per heavy atom. The highest BCUT2D eigenvalue weighted by Gasteiger charge is 2.13. The zero-order valence-electron chi connectivity index (χ0n) is 13.9. The molecular formula is C19H22N2O2S. The van der Waals surface area contributed by atoms with Crippen LogP contribution < -0.4 is 15.4 Å². The normalized spacial score (nSPS) is 10.3. The van der Waals surface area contributed by atoms with Crippen molar-refractivity contribution in [3.8, 4) is 5.75 Å². The van der Waals surface area contributed by atoms with Crippen LogP contribution >= 0.6 is 12.2 Å². The summed E-state index contributed by atoms with van der Waals surface area (Å²) in [5.74, 6) is 0.279. The Morgan fingerprint density at radius 2 is 1.75 bits per heavy atom. The van der Waals surface area contributed by atoms with Crippen LogP contribution in [0.1, 0.15) is 29.8 Å². The summed E-state index contributed by atoms with van der Waals surface area (Å²) in [6.07, 6.45) is 0.782. The van der Waals surface area contributed by atoms with E-state index in [2.05, 4.69) is 22.8 Å². The molecule has 0 unspecified atom stereocenters. The van der Waals surface area contributed by atoms with Gasteiger partial charge in [0.25, 0.3) is 5.91 Å². The zero-order chi connectivity index (χ0) is 17.4. The lowest BCUT2D eigenvalue weighted by Crippen LogP contribution is -2.42. The number of carbonyl (C=O) groups excluding carboxylic acids is 1. The molecule has 0 saturated carbocycles. The van der Waals surface area contributed by atoms with Gasteiger partial charge in [0.2, 0.25) is 0 Å². The van der Waals surface area contributed by atoms with Crippen LogP contribution in [0.2, 0.25) is 0 Å². The molecule has 0 bridgehead atoms. The molecule has 0 fully saturated rings. The first kappa shape index (κ1) is 17.9. The average Bonchev–Trinajstić information content (AvgIpc) is 2.55. The Balaban J connectivity index is 1.96. The van der Waals surface area contributed by atoms with Crippen LogP contribution in [0.3, 0.4) is 0 Å². The molecule has 5 heteroatoms. The zero-order valence-corrected chi connectivity index (χ0v) is 14.7. The highest BCUT2D eigenvalue weighted by Crippen LogP contribution is 2.18. The fourth-order valence-electron chi connectivity index (χ4n) is 2.17. The molecule has 126 valence electrons. The molecule has 2 rings (SSSR count). The molecule has 0 aliphatic rings. The van der Waals surface area contributed by atoms with E-state index in [-0.39, 0.29) is 11.9 Å². The van der Waals surface area contributed by atoms with Crippen molar-refractivity contribution < 1.29 is 9.53 Å². The van der Waals surface area contributed by atoms with Crippen molar-refractivity contribution in [2.75, 3.05) is 6.61 Å². The standard InChI is InChI=1S/C19H22N2O2S/c1-14(2)20-19(24)21-18(22)16-10-6-7-11-17(16)23-13-12-15-8-4-3-5-9-15/h3-11,14H,12-13H2,1-2H3,(H2,20,21,22,24). The Bertz CT molecular complexity index is 687. The number of thiocarbonyl (C=S) groups is 1. The van der Waals surface area contributed by atoms with E-state index in [0.717, 1.165) is 6.42 Å². The van der Waals surface area contributed by atoms with Crippen molar-refractivity contribution in [1.82, 2.24) is 10.6 Å². The molecular weight excluding hydrogens is 320 g/mol. The second-order valence-electron chi connectivity index (χ2n) is 5.66. The molecule has 0 radical (unpaired) electrons. The van der Waals surface area contributed by atoms with E-state index >= 15 is 0 Å². The van der Waals surface area contributed by atoms with Crippen molar-refractivity contribution in [2.45, 2.75) is 26.3 Å². The fourth-order valence-corrected chi connectivity index (χ4v) is 2.50. The molecule has 2 aromatic carbocycles. The minimum absolute atomic E-state index is 0.162. The molecule has 2 N–H and O–H groups in total. The molecule has 1 amide bonds. The molecule has 0 aromatic heterocycles. The molecule has 0 aliphatic heterocycles. The molecule has 2 aromatic rings. The van der Waals surface area contributed by atoms with E-state index < -0.39 is 0 Å². The molecule has 0 aliphatic carbocycles. The summed E-state index contributed by atoms with van der Waals surface area (Å²) in [5.41, 5.74) is 1.67. The molecule has 0 spiro atoms. The van der Waals surface area contributed by atoms with Gasteiger partial charge in [0.15, 0.2) is 5.11 Å². The van der Waals surface area contributed by atoms with Gasteiger partial charge < -0.3 is 10.1 Å². The third kappa shape index (κ3) is 5.66. The maximum atomic E-state index is 12.4. The lowest BCUT2D eigenvalue weighted by atomic mass is 10.1. The number of rotatable bonds is 6. The van der Waals surface area contributed by atoms with Gasteiger partial charge in [-0.25, -0.2) is 0 Å². The van der Waals surface area contributed by atoms with Gasteiger partial charge in [-0.1, -0.05) is 42.5 Å². The summed E-state index contributed by atoms with van der Waals surface area (Å²) < 4.78 is 5.80. The van der Waals surface area contributed by atoms with E-state index in [1.54, 1.807) is 18.2 Å².